The highest BCUT2D eigenvalue weighted by Crippen LogP contribution is 2.24. The predicted octanol–water partition coefficient (Wildman–Crippen LogP) is -1.01. The van der Waals surface area contributed by atoms with Crippen LogP contribution in [0.2, 0.25) is 0 Å². The molecule has 0 saturated carbocycles. The Morgan fingerprint density at radius 2 is 1.81 bits per heavy atom. The molecule has 0 bridgehead atoms. The molecule has 0 aliphatic carbocycles. The monoisotopic (exact) mass is 224 g/mol. The number of aromatic nitrogens is 3. The lowest BCUT2D eigenvalue weighted by Crippen LogP contribution is -2.60. The molecular weight excluding hydrogens is 208 g/mol. The standard InChI is InChI=1S/C9H16N6O/c1-2-9(16)4-15(5-9)3-6-12-7(10)14-8(11)13-6/h16H,2-5H2,1H3,(H4,10,11,12,13,14). The van der Waals surface area contributed by atoms with E-state index in [1.54, 1.807) is 0 Å². The highest BCUT2D eigenvalue weighted by atomic mass is 16.3. The van der Waals surface area contributed by atoms with Crippen molar-refractivity contribution in [2.24, 2.45) is 0 Å². The zero-order chi connectivity index (χ0) is 11.8. The molecule has 16 heavy (non-hydrogen) atoms. The maximum absolute atomic E-state index is 9.83. The molecule has 0 aromatic carbocycles. The summed E-state index contributed by atoms with van der Waals surface area (Å²) in [6.07, 6.45) is 0.755. The van der Waals surface area contributed by atoms with Crippen LogP contribution >= 0.6 is 0 Å². The van der Waals surface area contributed by atoms with Crippen LogP contribution in [0, 0.1) is 0 Å². The van der Waals surface area contributed by atoms with E-state index in [9.17, 15) is 5.11 Å². The third kappa shape index (κ3) is 2.20. The van der Waals surface area contributed by atoms with Crippen LogP contribution in [0.15, 0.2) is 0 Å². The number of anilines is 2. The van der Waals surface area contributed by atoms with E-state index in [-0.39, 0.29) is 11.9 Å². The Balaban J connectivity index is 1.96. The van der Waals surface area contributed by atoms with E-state index in [4.69, 9.17) is 11.5 Å². The normalized spacial score (nSPS) is 19.4. The fourth-order valence-corrected chi connectivity index (χ4v) is 1.85. The first kappa shape index (κ1) is 11.0. The first-order chi connectivity index (χ1) is 7.50. The number of β-amino-alcohol motifs (C(OH)–C–C–N with tert-alkyl or cyclic N) is 1. The van der Waals surface area contributed by atoms with Gasteiger partial charge in [0.05, 0.1) is 12.1 Å². The van der Waals surface area contributed by atoms with Crippen LogP contribution in [-0.4, -0.2) is 43.6 Å². The van der Waals surface area contributed by atoms with Crippen molar-refractivity contribution < 1.29 is 5.11 Å². The predicted molar refractivity (Wildman–Crippen MR) is 59.2 cm³/mol. The van der Waals surface area contributed by atoms with Crippen LogP contribution < -0.4 is 11.5 Å². The SMILES string of the molecule is CCC1(O)CN(Cc2nc(N)nc(N)n2)C1. The van der Waals surface area contributed by atoms with E-state index in [0.29, 0.717) is 25.5 Å². The molecule has 1 aliphatic heterocycles. The lowest BCUT2D eigenvalue weighted by Gasteiger charge is -2.45. The van der Waals surface area contributed by atoms with Gasteiger partial charge in [0.15, 0.2) is 0 Å². The molecule has 7 heteroatoms. The van der Waals surface area contributed by atoms with E-state index in [1.165, 1.54) is 0 Å². The Kier molecular flexibility index (Phi) is 2.64. The summed E-state index contributed by atoms with van der Waals surface area (Å²) >= 11 is 0. The Labute approximate surface area is 93.5 Å². The van der Waals surface area contributed by atoms with Gasteiger partial charge in [0.25, 0.3) is 0 Å². The van der Waals surface area contributed by atoms with E-state index in [1.807, 2.05) is 11.8 Å². The van der Waals surface area contributed by atoms with Gasteiger partial charge in [0, 0.05) is 13.1 Å². The van der Waals surface area contributed by atoms with Crippen molar-refractivity contribution in [2.75, 3.05) is 24.6 Å². The van der Waals surface area contributed by atoms with Gasteiger partial charge in [0.1, 0.15) is 5.82 Å². The summed E-state index contributed by atoms with van der Waals surface area (Å²) in [4.78, 5) is 13.7. The zero-order valence-corrected chi connectivity index (χ0v) is 9.22. The number of nitrogens with two attached hydrogens (primary N) is 2. The van der Waals surface area contributed by atoms with Gasteiger partial charge in [-0.3, -0.25) is 4.90 Å². The zero-order valence-electron chi connectivity index (χ0n) is 9.22. The first-order valence-electron chi connectivity index (χ1n) is 5.21. The van der Waals surface area contributed by atoms with E-state index in [2.05, 4.69) is 15.0 Å². The summed E-state index contributed by atoms with van der Waals surface area (Å²) in [7, 11) is 0. The number of hydrogen-bond donors (Lipinski definition) is 3. The molecular formula is C9H16N6O. The van der Waals surface area contributed by atoms with Crippen LogP contribution in [0.5, 0.6) is 0 Å². The lowest BCUT2D eigenvalue weighted by molar-refractivity contribution is -0.104. The first-order valence-corrected chi connectivity index (χ1v) is 5.21. The molecule has 2 rings (SSSR count). The molecule has 1 saturated heterocycles. The smallest absolute Gasteiger partial charge is 0.225 e. The van der Waals surface area contributed by atoms with Crippen LogP contribution in [0.1, 0.15) is 19.2 Å². The number of aliphatic hydroxyl groups is 1. The molecule has 5 N–H and O–H groups in total. The highest BCUT2D eigenvalue weighted by Gasteiger charge is 2.39. The second-order valence-corrected chi connectivity index (χ2v) is 4.19. The minimum Gasteiger partial charge on any atom is -0.387 e. The fraction of sp³-hybridized carbons (Fsp3) is 0.667. The van der Waals surface area contributed by atoms with Gasteiger partial charge in [0.2, 0.25) is 11.9 Å². The average molecular weight is 224 g/mol. The molecule has 88 valence electrons. The molecule has 0 amide bonds. The molecule has 0 atom stereocenters. The fourth-order valence-electron chi connectivity index (χ4n) is 1.85. The van der Waals surface area contributed by atoms with Gasteiger partial charge >= 0.3 is 0 Å². The van der Waals surface area contributed by atoms with Gasteiger partial charge < -0.3 is 16.6 Å². The second-order valence-electron chi connectivity index (χ2n) is 4.19. The summed E-state index contributed by atoms with van der Waals surface area (Å²) in [6.45, 7) is 3.78. The summed E-state index contributed by atoms with van der Waals surface area (Å²) in [5.41, 5.74) is 10.4. The van der Waals surface area contributed by atoms with Crippen molar-refractivity contribution >= 4 is 11.9 Å². The number of nitrogens with zero attached hydrogens (tertiary/aromatic N) is 4. The van der Waals surface area contributed by atoms with Crippen LogP contribution in [0.25, 0.3) is 0 Å². The maximum atomic E-state index is 9.83. The van der Waals surface area contributed by atoms with Crippen LogP contribution in [-0.2, 0) is 6.54 Å². The van der Waals surface area contributed by atoms with Gasteiger partial charge in [-0.2, -0.15) is 15.0 Å². The van der Waals surface area contributed by atoms with Crippen molar-refractivity contribution in [3.8, 4) is 0 Å². The molecule has 7 nitrogen and oxygen atoms in total. The third-order valence-corrected chi connectivity index (χ3v) is 2.78. The number of hydrogen-bond acceptors (Lipinski definition) is 7. The Bertz CT molecular complexity index is 369. The van der Waals surface area contributed by atoms with Crippen molar-refractivity contribution in [3.05, 3.63) is 5.82 Å². The van der Waals surface area contributed by atoms with Gasteiger partial charge in [-0.1, -0.05) is 6.92 Å². The van der Waals surface area contributed by atoms with Crippen molar-refractivity contribution in [3.63, 3.8) is 0 Å². The molecule has 2 heterocycles. The third-order valence-electron chi connectivity index (χ3n) is 2.78. The quantitative estimate of drug-likeness (QED) is 0.602. The van der Waals surface area contributed by atoms with Crippen LogP contribution in [0.4, 0.5) is 11.9 Å². The second kappa shape index (κ2) is 3.84. The number of rotatable bonds is 3. The van der Waals surface area contributed by atoms with Gasteiger partial charge in [-0.15, -0.1) is 0 Å². The summed E-state index contributed by atoms with van der Waals surface area (Å²) in [6, 6.07) is 0. The van der Waals surface area contributed by atoms with E-state index in [0.717, 1.165) is 6.42 Å². The highest BCUT2D eigenvalue weighted by molar-refractivity contribution is 5.25. The van der Waals surface area contributed by atoms with Gasteiger partial charge in [-0.25, -0.2) is 0 Å². The largest absolute Gasteiger partial charge is 0.387 e. The molecule has 1 aromatic rings. The molecule has 1 fully saturated rings. The van der Waals surface area contributed by atoms with Crippen molar-refractivity contribution in [1.29, 1.82) is 0 Å². The number of nitrogen functional groups attached to an aromatic ring is 2. The Morgan fingerprint density at radius 3 is 2.31 bits per heavy atom. The van der Waals surface area contributed by atoms with Crippen LogP contribution in [0.3, 0.4) is 0 Å². The average Bonchev–Trinajstić information content (AvgIpc) is 2.13. The molecule has 0 unspecified atom stereocenters. The lowest BCUT2D eigenvalue weighted by atomic mass is 9.91. The molecule has 1 aliphatic rings. The van der Waals surface area contributed by atoms with Crippen molar-refractivity contribution in [2.45, 2.75) is 25.5 Å². The Morgan fingerprint density at radius 1 is 1.25 bits per heavy atom. The van der Waals surface area contributed by atoms with E-state index < -0.39 is 5.60 Å². The summed E-state index contributed by atoms with van der Waals surface area (Å²) in [5, 5.41) is 9.83. The summed E-state index contributed by atoms with van der Waals surface area (Å²) < 4.78 is 0. The summed E-state index contributed by atoms with van der Waals surface area (Å²) in [5.74, 6) is 0.811. The van der Waals surface area contributed by atoms with Gasteiger partial charge in [-0.05, 0) is 6.42 Å². The minimum absolute atomic E-state index is 0.133. The van der Waals surface area contributed by atoms with E-state index >= 15 is 0 Å². The molecule has 1 aromatic heterocycles. The maximum Gasteiger partial charge on any atom is 0.225 e. The topological polar surface area (TPSA) is 114 Å². The van der Waals surface area contributed by atoms with Crippen molar-refractivity contribution in [1.82, 2.24) is 19.9 Å². The number of likely N-dealkylation sites (tertiary alicyclic amines) is 1. The minimum atomic E-state index is -0.551. The molecule has 0 spiro atoms. The Hall–Kier alpha value is -1.47. The molecule has 0 radical (unpaired) electrons.